The molecule has 1 aromatic heterocycles. The first-order valence-corrected chi connectivity index (χ1v) is 6.26. The number of hydrogen-bond donors (Lipinski definition) is 1. The average molecular weight is 232 g/mol. The molecule has 0 bridgehead atoms. The van der Waals surface area contributed by atoms with Crippen LogP contribution in [0.1, 0.15) is 25.0 Å². The summed E-state index contributed by atoms with van der Waals surface area (Å²) >= 11 is 0. The summed E-state index contributed by atoms with van der Waals surface area (Å²) < 4.78 is 15.9. The second-order valence-electron chi connectivity index (χ2n) is 4.92. The number of rotatable bonds is 3. The van der Waals surface area contributed by atoms with E-state index in [1.807, 2.05) is 12.1 Å². The topological polar surface area (TPSA) is 30.9 Å². The Morgan fingerprint density at radius 1 is 1.35 bits per heavy atom. The van der Waals surface area contributed by atoms with Crippen LogP contribution in [0.15, 0.2) is 24.3 Å². The SMILES string of the molecule is NCc1cc2c(F)cccc2n1CC1CCC1. The van der Waals surface area contributed by atoms with Gasteiger partial charge in [-0.05, 0) is 37.0 Å². The molecule has 0 radical (unpaired) electrons. The number of fused-ring (bicyclic) bond motifs is 1. The minimum atomic E-state index is -0.149. The molecule has 3 rings (SSSR count). The van der Waals surface area contributed by atoms with Crippen LogP contribution in [0.2, 0.25) is 0 Å². The summed E-state index contributed by atoms with van der Waals surface area (Å²) in [7, 11) is 0. The fourth-order valence-corrected chi connectivity index (χ4v) is 2.62. The Morgan fingerprint density at radius 2 is 2.18 bits per heavy atom. The Bertz CT molecular complexity index is 540. The predicted molar refractivity (Wildman–Crippen MR) is 67.1 cm³/mol. The Hall–Kier alpha value is -1.35. The van der Waals surface area contributed by atoms with Gasteiger partial charge in [0.25, 0.3) is 0 Å². The third-order valence-electron chi connectivity index (χ3n) is 3.85. The molecule has 1 heterocycles. The Kier molecular flexibility index (Phi) is 2.63. The number of nitrogens with two attached hydrogens (primary N) is 1. The van der Waals surface area contributed by atoms with Crippen LogP contribution in [-0.4, -0.2) is 4.57 Å². The van der Waals surface area contributed by atoms with Crippen LogP contribution < -0.4 is 5.73 Å². The molecule has 1 aliphatic rings. The van der Waals surface area contributed by atoms with Crippen LogP contribution in [0.25, 0.3) is 10.9 Å². The molecule has 1 aromatic carbocycles. The molecule has 2 aromatic rings. The molecule has 90 valence electrons. The molecule has 0 unspecified atom stereocenters. The molecule has 17 heavy (non-hydrogen) atoms. The van der Waals surface area contributed by atoms with Crippen LogP contribution in [0, 0.1) is 11.7 Å². The van der Waals surface area contributed by atoms with Crippen LogP contribution in [0.3, 0.4) is 0 Å². The van der Waals surface area contributed by atoms with Crippen LogP contribution in [0.5, 0.6) is 0 Å². The number of halogens is 1. The molecule has 0 atom stereocenters. The van der Waals surface area contributed by atoms with E-state index in [0.717, 1.165) is 23.7 Å². The van der Waals surface area contributed by atoms with E-state index in [2.05, 4.69) is 4.57 Å². The predicted octanol–water partition coefficient (Wildman–Crippen LogP) is 3.04. The zero-order valence-electron chi connectivity index (χ0n) is 9.82. The van der Waals surface area contributed by atoms with Crippen molar-refractivity contribution in [3.05, 3.63) is 35.8 Å². The number of benzene rings is 1. The maximum absolute atomic E-state index is 13.7. The van der Waals surface area contributed by atoms with Crippen molar-refractivity contribution in [2.75, 3.05) is 0 Å². The van der Waals surface area contributed by atoms with E-state index in [9.17, 15) is 4.39 Å². The Labute approximate surface area is 100 Å². The normalized spacial score (nSPS) is 16.4. The van der Waals surface area contributed by atoms with Crippen molar-refractivity contribution < 1.29 is 4.39 Å². The second kappa shape index (κ2) is 4.15. The highest BCUT2D eigenvalue weighted by Crippen LogP contribution is 2.31. The lowest BCUT2D eigenvalue weighted by atomic mass is 9.85. The van der Waals surface area contributed by atoms with Crippen molar-refractivity contribution in [3.63, 3.8) is 0 Å². The van der Waals surface area contributed by atoms with Crippen LogP contribution in [-0.2, 0) is 13.1 Å². The van der Waals surface area contributed by atoms with Gasteiger partial charge in [-0.3, -0.25) is 0 Å². The second-order valence-corrected chi connectivity index (χ2v) is 4.92. The summed E-state index contributed by atoms with van der Waals surface area (Å²) in [5.41, 5.74) is 7.78. The van der Waals surface area contributed by atoms with Gasteiger partial charge in [0.2, 0.25) is 0 Å². The number of aromatic nitrogens is 1. The fourth-order valence-electron chi connectivity index (χ4n) is 2.62. The molecule has 0 saturated heterocycles. The standard InChI is InChI=1S/C14H17FN2/c15-13-5-2-6-14-12(13)7-11(8-16)17(14)9-10-3-1-4-10/h2,5-7,10H,1,3-4,8-9,16H2. The number of hydrogen-bond acceptors (Lipinski definition) is 1. The van der Waals surface area contributed by atoms with E-state index in [1.54, 1.807) is 6.07 Å². The van der Waals surface area contributed by atoms with Crippen molar-refractivity contribution in [1.82, 2.24) is 4.57 Å². The first-order chi connectivity index (χ1) is 8.29. The summed E-state index contributed by atoms with van der Waals surface area (Å²) in [5, 5.41) is 0.701. The van der Waals surface area contributed by atoms with Crippen molar-refractivity contribution in [1.29, 1.82) is 0 Å². The summed E-state index contributed by atoms with van der Waals surface area (Å²) in [4.78, 5) is 0. The lowest BCUT2D eigenvalue weighted by molar-refractivity contribution is 0.277. The van der Waals surface area contributed by atoms with Gasteiger partial charge in [0.05, 0.1) is 5.52 Å². The van der Waals surface area contributed by atoms with Crippen LogP contribution in [0.4, 0.5) is 4.39 Å². The highest BCUT2D eigenvalue weighted by atomic mass is 19.1. The van der Waals surface area contributed by atoms with Gasteiger partial charge in [-0.25, -0.2) is 4.39 Å². The van der Waals surface area contributed by atoms with E-state index >= 15 is 0 Å². The van der Waals surface area contributed by atoms with Gasteiger partial charge in [0.1, 0.15) is 5.82 Å². The first kappa shape index (κ1) is 10.8. The molecule has 0 aliphatic heterocycles. The molecule has 0 spiro atoms. The molecular weight excluding hydrogens is 215 g/mol. The van der Waals surface area contributed by atoms with Gasteiger partial charge in [0.15, 0.2) is 0 Å². The summed E-state index contributed by atoms with van der Waals surface area (Å²) in [6, 6.07) is 7.16. The zero-order valence-corrected chi connectivity index (χ0v) is 9.82. The molecule has 1 aliphatic carbocycles. The minimum absolute atomic E-state index is 0.149. The van der Waals surface area contributed by atoms with Crippen molar-refractivity contribution in [2.24, 2.45) is 11.7 Å². The smallest absolute Gasteiger partial charge is 0.132 e. The van der Waals surface area contributed by atoms with E-state index in [4.69, 9.17) is 5.73 Å². The third-order valence-corrected chi connectivity index (χ3v) is 3.85. The first-order valence-electron chi connectivity index (χ1n) is 6.26. The lowest BCUT2D eigenvalue weighted by Crippen LogP contribution is -2.20. The molecule has 1 fully saturated rings. The van der Waals surface area contributed by atoms with E-state index in [0.29, 0.717) is 11.9 Å². The quantitative estimate of drug-likeness (QED) is 0.866. The van der Waals surface area contributed by atoms with E-state index in [-0.39, 0.29) is 5.82 Å². The van der Waals surface area contributed by atoms with Gasteiger partial charge in [-0.1, -0.05) is 12.5 Å². The highest BCUT2D eigenvalue weighted by molar-refractivity contribution is 5.82. The lowest BCUT2D eigenvalue weighted by Gasteiger charge is -2.27. The van der Waals surface area contributed by atoms with Gasteiger partial charge < -0.3 is 10.3 Å². The van der Waals surface area contributed by atoms with Crippen molar-refractivity contribution in [2.45, 2.75) is 32.4 Å². The monoisotopic (exact) mass is 232 g/mol. The van der Waals surface area contributed by atoms with E-state index in [1.165, 1.54) is 25.3 Å². The maximum atomic E-state index is 13.7. The third kappa shape index (κ3) is 1.75. The Balaban J connectivity index is 2.09. The molecule has 2 N–H and O–H groups in total. The largest absolute Gasteiger partial charge is 0.343 e. The number of nitrogens with zero attached hydrogens (tertiary/aromatic N) is 1. The summed E-state index contributed by atoms with van der Waals surface area (Å²) in [5.74, 6) is 0.601. The molecule has 1 saturated carbocycles. The average Bonchev–Trinajstić information content (AvgIpc) is 2.63. The van der Waals surface area contributed by atoms with Gasteiger partial charge in [-0.15, -0.1) is 0 Å². The summed E-state index contributed by atoms with van der Waals surface area (Å²) in [6.45, 7) is 1.46. The van der Waals surface area contributed by atoms with Gasteiger partial charge >= 0.3 is 0 Å². The zero-order chi connectivity index (χ0) is 11.8. The maximum Gasteiger partial charge on any atom is 0.132 e. The van der Waals surface area contributed by atoms with Crippen molar-refractivity contribution in [3.8, 4) is 0 Å². The minimum Gasteiger partial charge on any atom is -0.343 e. The van der Waals surface area contributed by atoms with Crippen molar-refractivity contribution >= 4 is 10.9 Å². The Morgan fingerprint density at radius 3 is 2.82 bits per heavy atom. The summed E-state index contributed by atoms with van der Waals surface area (Å²) in [6.07, 6.45) is 3.91. The molecular formula is C14H17FN2. The molecule has 3 heteroatoms. The van der Waals surface area contributed by atoms with E-state index < -0.39 is 0 Å². The molecule has 0 amide bonds. The van der Waals surface area contributed by atoms with Gasteiger partial charge in [-0.2, -0.15) is 0 Å². The fraction of sp³-hybridized carbons (Fsp3) is 0.429. The van der Waals surface area contributed by atoms with Crippen LogP contribution >= 0.6 is 0 Å². The molecule has 2 nitrogen and oxygen atoms in total. The van der Waals surface area contributed by atoms with Gasteiger partial charge in [0, 0.05) is 24.2 Å². The highest BCUT2D eigenvalue weighted by Gasteiger charge is 2.20.